The van der Waals surface area contributed by atoms with E-state index < -0.39 is 6.04 Å². The van der Waals surface area contributed by atoms with E-state index in [1.807, 2.05) is 24.3 Å². The van der Waals surface area contributed by atoms with Crippen LogP contribution in [0.25, 0.3) is 0 Å². The van der Waals surface area contributed by atoms with Crippen LogP contribution in [0.1, 0.15) is 35.2 Å². The van der Waals surface area contributed by atoms with Crippen LogP contribution in [0.4, 0.5) is 0 Å². The summed E-state index contributed by atoms with van der Waals surface area (Å²) in [7, 11) is 0. The summed E-state index contributed by atoms with van der Waals surface area (Å²) in [5, 5.41) is 5.56. The number of carbonyl (C=O) groups is 2. The molecule has 1 saturated heterocycles. The molecular weight excluding hydrogens is 367 g/mol. The van der Waals surface area contributed by atoms with Gasteiger partial charge in [0.25, 0.3) is 5.91 Å². The van der Waals surface area contributed by atoms with Crippen molar-refractivity contribution in [2.45, 2.75) is 31.7 Å². The molecule has 1 fully saturated rings. The number of aryl methyl sites for hydroxylation is 1. The lowest BCUT2D eigenvalue weighted by Crippen LogP contribution is -2.50. The minimum absolute atomic E-state index is 0.0803. The molecule has 108 valence electrons. The van der Waals surface area contributed by atoms with Crippen molar-refractivity contribution >= 4 is 34.4 Å². The van der Waals surface area contributed by atoms with E-state index in [4.69, 9.17) is 0 Å². The number of hydrogen-bond acceptors (Lipinski definition) is 2. The Hall–Kier alpha value is -1.11. The van der Waals surface area contributed by atoms with Crippen LogP contribution in [-0.4, -0.2) is 28.8 Å². The van der Waals surface area contributed by atoms with Crippen molar-refractivity contribution < 1.29 is 9.59 Å². The predicted molar refractivity (Wildman–Crippen MR) is 87.1 cm³/mol. The Kier molecular flexibility index (Phi) is 5.82. The van der Waals surface area contributed by atoms with Crippen molar-refractivity contribution in [3.63, 3.8) is 0 Å². The number of hydrogen-bond donors (Lipinski definition) is 2. The number of amides is 2. The molecule has 2 N–H and O–H groups in total. The number of rotatable bonds is 5. The minimum atomic E-state index is -0.394. The van der Waals surface area contributed by atoms with E-state index >= 15 is 0 Å². The second-order valence-corrected chi connectivity index (χ2v) is 6.03. The van der Waals surface area contributed by atoms with Crippen LogP contribution >= 0.6 is 22.6 Å². The maximum absolute atomic E-state index is 12.1. The molecule has 2 rings (SSSR count). The molecule has 0 spiro atoms. The van der Waals surface area contributed by atoms with Crippen LogP contribution in [0.5, 0.6) is 0 Å². The van der Waals surface area contributed by atoms with E-state index in [1.165, 1.54) is 5.56 Å². The Morgan fingerprint density at radius 3 is 2.75 bits per heavy atom. The lowest BCUT2D eigenvalue weighted by atomic mass is 10.0. The Balaban J connectivity index is 1.93. The van der Waals surface area contributed by atoms with Gasteiger partial charge in [0.15, 0.2) is 0 Å². The number of alkyl halides is 1. The summed E-state index contributed by atoms with van der Waals surface area (Å²) in [5.41, 5.74) is 1.86. The van der Waals surface area contributed by atoms with Gasteiger partial charge in [0.05, 0.1) is 0 Å². The molecule has 20 heavy (non-hydrogen) atoms. The quantitative estimate of drug-likeness (QED) is 0.601. The molecule has 1 aliphatic rings. The zero-order valence-corrected chi connectivity index (χ0v) is 13.5. The molecule has 0 unspecified atom stereocenters. The van der Waals surface area contributed by atoms with E-state index in [0.29, 0.717) is 18.5 Å². The summed E-state index contributed by atoms with van der Waals surface area (Å²) >= 11 is 2.36. The van der Waals surface area contributed by atoms with Crippen LogP contribution in [-0.2, 0) is 11.2 Å². The zero-order chi connectivity index (χ0) is 14.4. The maximum atomic E-state index is 12.1. The van der Waals surface area contributed by atoms with E-state index in [9.17, 15) is 9.59 Å². The normalized spacial score (nSPS) is 18.4. The molecule has 4 nitrogen and oxygen atoms in total. The number of nitrogens with one attached hydrogen (secondary N) is 2. The lowest BCUT2D eigenvalue weighted by Gasteiger charge is -2.22. The highest BCUT2D eigenvalue weighted by atomic mass is 127. The first kappa shape index (κ1) is 15.3. The molecule has 0 aliphatic carbocycles. The summed E-state index contributed by atoms with van der Waals surface area (Å²) in [6.45, 7) is 0.705. The lowest BCUT2D eigenvalue weighted by molar-refractivity contribution is -0.124. The van der Waals surface area contributed by atoms with Gasteiger partial charge in [-0.2, -0.15) is 0 Å². The average molecular weight is 386 g/mol. The van der Waals surface area contributed by atoms with Gasteiger partial charge in [-0.15, -0.1) is 0 Å². The fourth-order valence-electron chi connectivity index (χ4n) is 2.25. The fraction of sp³-hybridized carbons (Fsp3) is 0.467. The Morgan fingerprint density at radius 1 is 1.35 bits per heavy atom. The van der Waals surface area contributed by atoms with Gasteiger partial charge in [-0.05, 0) is 47.8 Å². The summed E-state index contributed by atoms with van der Waals surface area (Å²) in [4.78, 5) is 23.7. The fourth-order valence-corrected chi connectivity index (χ4v) is 2.63. The number of carbonyl (C=O) groups excluding carboxylic acids is 2. The standard InChI is InChI=1S/C15H19IN2O2/c16-9-1-3-11-5-7-12(8-6-11)14(19)18-13-4-2-10-17-15(13)20/h5-8,13H,1-4,9-10H2,(H,17,20)(H,18,19)/t13-/m0/s1. The average Bonchev–Trinajstić information content (AvgIpc) is 2.48. The maximum Gasteiger partial charge on any atom is 0.251 e. The van der Waals surface area contributed by atoms with Crippen molar-refractivity contribution in [1.82, 2.24) is 10.6 Å². The van der Waals surface area contributed by atoms with Gasteiger partial charge < -0.3 is 10.6 Å². The first-order valence-electron chi connectivity index (χ1n) is 6.94. The van der Waals surface area contributed by atoms with Gasteiger partial charge in [-0.1, -0.05) is 34.7 Å². The highest BCUT2D eigenvalue weighted by molar-refractivity contribution is 14.1. The van der Waals surface area contributed by atoms with Crippen LogP contribution in [0, 0.1) is 0 Å². The topological polar surface area (TPSA) is 58.2 Å². The summed E-state index contributed by atoms with van der Waals surface area (Å²) in [6.07, 6.45) is 3.81. The summed E-state index contributed by atoms with van der Waals surface area (Å²) in [6, 6.07) is 7.25. The number of benzene rings is 1. The van der Waals surface area contributed by atoms with Gasteiger partial charge in [-0.3, -0.25) is 9.59 Å². The third-order valence-electron chi connectivity index (χ3n) is 3.41. The molecule has 0 radical (unpaired) electrons. The Bertz CT molecular complexity index is 473. The third-order valence-corrected chi connectivity index (χ3v) is 4.17. The van der Waals surface area contributed by atoms with Crippen molar-refractivity contribution in [2.24, 2.45) is 0 Å². The van der Waals surface area contributed by atoms with E-state index in [0.717, 1.165) is 23.7 Å². The molecule has 1 aromatic carbocycles. The molecule has 1 aliphatic heterocycles. The van der Waals surface area contributed by atoms with Gasteiger partial charge in [0.2, 0.25) is 5.91 Å². The second-order valence-electron chi connectivity index (χ2n) is 4.95. The number of halogens is 1. The van der Waals surface area contributed by atoms with Gasteiger partial charge >= 0.3 is 0 Å². The van der Waals surface area contributed by atoms with Gasteiger partial charge in [-0.25, -0.2) is 0 Å². The molecule has 1 aromatic rings. The van der Waals surface area contributed by atoms with E-state index in [1.54, 1.807) is 0 Å². The van der Waals surface area contributed by atoms with Gasteiger partial charge in [0, 0.05) is 12.1 Å². The van der Waals surface area contributed by atoms with Crippen molar-refractivity contribution in [3.8, 4) is 0 Å². The Morgan fingerprint density at radius 2 is 2.10 bits per heavy atom. The first-order valence-corrected chi connectivity index (χ1v) is 8.47. The predicted octanol–water partition coefficient (Wildman–Crippen LogP) is 2.06. The zero-order valence-electron chi connectivity index (χ0n) is 11.3. The molecule has 0 bridgehead atoms. The van der Waals surface area contributed by atoms with Gasteiger partial charge in [0.1, 0.15) is 6.04 Å². The molecule has 0 aromatic heterocycles. The third kappa shape index (κ3) is 4.19. The Labute approximate surface area is 132 Å². The largest absolute Gasteiger partial charge is 0.354 e. The van der Waals surface area contributed by atoms with Crippen LogP contribution < -0.4 is 10.6 Å². The summed E-state index contributed by atoms with van der Waals surface area (Å²) < 4.78 is 1.14. The SMILES string of the molecule is O=C(N[C@H]1CCCNC1=O)c1ccc(CCCI)cc1. The second kappa shape index (κ2) is 7.61. The highest BCUT2D eigenvalue weighted by Crippen LogP contribution is 2.09. The van der Waals surface area contributed by atoms with Crippen molar-refractivity contribution in [1.29, 1.82) is 0 Å². The minimum Gasteiger partial charge on any atom is -0.354 e. The first-order chi connectivity index (χ1) is 9.70. The van der Waals surface area contributed by atoms with Crippen LogP contribution in [0.2, 0.25) is 0 Å². The van der Waals surface area contributed by atoms with E-state index in [-0.39, 0.29) is 11.8 Å². The monoisotopic (exact) mass is 386 g/mol. The molecule has 1 heterocycles. The van der Waals surface area contributed by atoms with Crippen LogP contribution in [0.15, 0.2) is 24.3 Å². The van der Waals surface area contributed by atoms with E-state index in [2.05, 4.69) is 33.2 Å². The van der Waals surface area contributed by atoms with Crippen LogP contribution in [0.3, 0.4) is 0 Å². The highest BCUT2D eigenvalue weighted by Gasteiger charge is 2.23. The molecule has 1 atom stereocenters. The van der Waals surface area contributed by atoms with Crippen molar-refractivity contribution in [2.75, 3.05) is 11.0 Å². The molecule has 2 amide bonds. The van der Waals surface area contributed by atoms with Crippen molar-refractivity contribution in [3.05, 3.63) is 35.4 Å². The molecule has 0 saturated carbocycles. The molecular formula is C15H19IN2O2. The summed E-state index contributed by atoms with van der Waals surface area (Å²) in [5.74, 6) is -0.254. The smallest absolute Gasteiger partial charge is 0.251 e. The number of piperidine rings is 1. The molecule has 5 heteroatoms.